The number of hydrogen-bond donors (Lipinski definition) is 1. The summed E-state index contributed by atoms with van der Waals surface area (Å²) in [5, 5.41) is 9.56. The second-order valence-corrected chi connectivity index (χ2v) is 4.21. The average Bonchev–Trinajstić information content (AvgIpc) is 2.40. The molecule has 0 unspecified atom stereocenters. The summed E-state index contributed by atoms with van der Waals surface area (Å²) in [5.41, 5.74) is 1.60. The molecule has 0 fully saturated rings. The Morgan fingerprint density at radius 3 is 2.67 bits per heavy atom. The smallest absolute Gasteiger partial charge is 0.166 e. The summed E-state index contributed by atoms with van der Waals surface area (Å²) in [6.07, 6.45) is 2.11. The fourth-order valence-electron chi connectivity index (χ4n) is 1.88. The van der Waals surface area contributed by atoms with Crippen LogP contribution in [0.25, 0.3) is 0 Å². The number of carbonyl (C=O) groups is 1. The summed E-state index contributed by atoms with van der Waals surface area (Å²) in [4.78, 5) is 11.9. The molecule has 2 nitrogen and oxygen atoms in total. The number of ketones is 1. The molecular formula is C16H15O2. The molecule has 0 amide bonds. The minimum Gasteiger partial charge on any atom is -0.507 e. The number of benzene rings is 2. The van der Waals surface area contributed by atoms with Gasteiger partial charge >= 0.3 is 0 Å². The van der Waals surface area contributed by atoms with E-state index in [-0.39, 0.29) is 11.5 Å². The maximum absolute atomic E-state index is 11.9. The number of carbonyl (C=O) groups excluding carboxylic acids is 1. The van der Waals surface area contributed by atoms with Crippen molar-refractivity contribution in [2.24, 2.45) is 0 Å². The van der Waals surface area contributed by atoms with Crippen molar-refractivity contribution in [3.63, 3.8) is 0 Å². The Kier molecular flexibility index (Phi) is 4.13. The van der Waals surface area contributed by atoms with Crippen LogP contribution < -0.4 is 0 Å². The van der Waals surface area contributed by atoms with Gasteiger partial charge in [-0.1, -0.05) is 36.4 Å². The van der Waals surface area contributed by atoms with Gasteiger partial charge in [0, 0.05) is 6.42 Å². The van der Waals surface area contributed by atoms with Gasteiger partial charge in [-0.25, -0.2) is 0 Å². The van der Waals surface area contributed by atoms with Crippen molar-refractivity contribution in [2.75, 3.05) is 0 Å². The lowest BCUT2D eigenvalue weighted by Crippen LogP contribution is -2.00. The highest BCUT2D eigenvalue weighted by atomic mass is 16.3. The molecule has 1 radical (unpaired) electrons. The molecule has 0 aromatic heterocycles. The lowest BCUT2D eigenvalue weighted by molar-refractivity contribution is 0.0977. The zero-order valence-electron chi connectivity index (χ0n) is 10.1. The van der Waals surface area contributed by atoms with Crippen molar-refractivity contribution >= 4 is 5.78 Å². The second kappa shape index (κ2) is 6.01. The monoisotopic (exact) mass is 239 g/mol. The van der Waals surface area contributed by atoms with Crippen LogP contribution in [0.2, 0.25) is 0 Å². The van der Waals surface area contributed by atoms with Crippen LogP contribution in [0, 0.1) is 6.07 Å². The molecule has 2 aromatic carbocycles. The number of aromatic hydroxyl groups is 1. The van der Waals surface area contributed by atoms with Gasteiger partial charge in [-0.15, -0.1) is 0 Å². The minimum atomic E-state index is -0.0275. The predicted octanol–water partition coefficient (Wildman–Crippen LogP) is 3.40. The molecule has 1 N–H and O–H groups in total. The van der Waals surface area contributed by atoms with E-state index in [9.17, 15) is 9.90 Å². The van der Waals surface area contributed by atoms with Gasteiger partial charge in [0.05, 0.1) is 5.56 Å². The van der Waals surface area contributed by atoms with E-state index in [0.29, 0.717) is 12.0 Å². The summed E-state index contributed by atoms with van der Waals surface area (Å²) >= 11 is 0. The summed E-state index contributed by atoms with van der Waals surface area (Å²) in [7, 11) is 0. The third kappa shape index (κ3) is 3.20. The minimum absolute atomic E-state index is 0.0275. The Morgan fingerprint density at radius 2 is 1.94 bits per heavy atom. The highest BCUT2D eigenvalue weighted by Crippen LogP contribution is 2.18. The predicted molar refractivity (Wildman–Crippen MR) is 70.7 cm³/mol. The molecule has 0 bridgehead atoms. The van der Waals surface area contributed by atoms with Crippen LogP contribution in [-0.2, 0) is 6.42 Å². The molecule has 0 aliphatic heterocycles. The molecule has 2 aromatic rings. The van der Waals surface area contributed by atoms with Gasteiger partial charge in [0.15, 0.2) is 5.78 Å². The molecule has 0 heterocycles. The average molecular weight is 239 g/mol. The summed E-state index contributed by atoms with van der Waals surface area (Å²) in [6, 6.07) is 17.5. The maximum Gasteiger partial charge on any atom is 0.166 e. The fourth-order valence-corrected chi connectivity index (χ4v) is 1.88. The van der Waals surface area contributed by atoms with Crippen molar-refractivity contribution in [1.82, 2.24) is 0 Å². The van der Waals surface area contributed by atoms with Crippen LogP contribution in [0.5, 0.6) is 5.75 Å². The molecule has 0 aliphatic carbocycles. The highest BCUT2D eigenvalue weighted by Gasteiger charge is 2.09. The van der Waals surface area contributed by atoms with Gasteiger partial charge in [0.1, 0.15) is 5.75 Å². The van der Waals surface area contributed by atoms with E-state index >= 15 is 0 Å². The highest BCUT2D eigenvalue weighted by molar-refractivity contribution is 5.98. The molecule has 2 rings (SSSR count). The first-order valence-electron chi connectivity index (χ1n) is 6.03. The number of rotatable bonds is 5. The summed E-state index contributed by atoms with van der Waals surface area (Å²) in [6.45, 7) is 0. The van der Waals surface area contributed by atoms with Gasteiger partial charge < -0.3 is 5.11 Å². The van der Waals surface area contributed by atoms with E-state index in [1.165, 1.54) is 11.6 Å². The molecule has 2 heteroatoms. The van der Waals surface area contributed by atoms with Gasteiger partial charge in [-0.05, 0) is 36.6 Å². The second-order valence-electron chi connectivity index (χ2n) is 4.21. The summed E-state index contributed by atoms with van der Waals surface area (Å²) in [5.74, 6) is 0.0127. The number of Topliss-reactive ketones (excluding diaryl/α,β-unsaturated/α-hetero) is 1. The number of aryl methyl sites for hydroxylation is 1. The Hall–Kier alpha value is -2.09. The van der Waals surface area contributed by atoms with Gasteiger partial charge in [-0.3, -0.25) is 4.79 Å². The Bertz CT molecular complexity index is 518. The quantitative estimate of drug-likeness (QED) is 0.812. The van der Waals surface area contributed by atoms with Crippen LogP contribution in [0.4, 0.5) is 0 Å². The van der Waals surface area contributed by atoms with Gasteiger partial charge in [0.25, 0.3) is 0 Å². The van der Waals surface area contributed by atoms with Crippen LogP contribution in [-0.4, -0.2) is 10.9 Å². The van der Waals surface area contributed by atoms with Crippen LogP contribution in [0.15, 0.2) is 48.5 Å². The molecule has 0 saturated heterocycles. The number of phenols is 1. The van der Waals surface area contributed by atoms with Crippen molar-refractivity contribution < 1.29 is 9.90 Å². The van der Waals surface area contributed by atoms with Gasteiger partial charge in [-0.2, -0.15) is 0 Å². The fraction of sp³-hybridized carbons (Fsp3) is 0.188. The number of hydrogen-bond acceptors (Lipinski definition) is 2. The van der Waals surface area contributed by atoms with E-state index in [1.807, 2.05) is 18.2 Å². The van der Waals surface area contributed by atoms with Crippen molar-refractivity contribution in [2.45, 2.75) is 19.3 Å². The van der Waals surface area contributed by atoms with E-state index in [1.54, 1.807) is 12.1 Å². The zero-order valence-corrected chi connectivity index (χ0v) is 10.1. The molecule has 0 aliphatic rings. The first kappa shape index (κ1) is 12.4. The molecule has 0 atom stereocenters. The molecular weight excluding hydrogens is 224 g/mol. The van der Waals surface area contributed by atoms with Crippen LogP contribution >= 0.6 is 0 Å². The zero-order chi connectivity index (χ0) is 12.8. The first-order chi connectivity index (χ1) is 8.77. The Morgan fingerprint density at radius 1 is 1.17 bits per heavy atom. The standard InChI is InChI=1S/C16H15O2/c17-15-11-5-4-10-14(15)16(18)12-6-9-13-7-2-1-3-8-13/h1-3,5,7-8,10-11,17H,6,9,12H2. The van der Waals surface area contributed by atoms with Crippen molar-refractivity contribution in [3.05, 3.63) is 65.7 Å². The van der Waals surface area contributed by atoms with Crippen molar-refractivity contribution in [3.8, 4) is 5.75 Å². The third-order valence-corrected chi connectivity index (χ3v) is 2.85. The Labute approximate surface area is 107 Å². The number of phenolic OH excluding ortho intramolecular Hbond substituents is 1. The Balaban J connectivity index is 1.88. The van der Waals surface area contributed by atoms with E-state index in [4.69, 9.17) is 0 Å². The van der Waals surface area contributed by atoms with E-state index < -0.39 is 0 Å². The van der Waals surface area contributed by atoms with E-state index in [2.05, 4.69) is 18.2 Å². The molecule has 18 heavy (non-hydrogen) atoms. The van der Waals surface area contributed by atoms with Gasteiger partial charge in [0.2, 0.25) is 0 Å². The summed E-state index contributed by atoms with van der Waals surface area (Å²) < 4.78 is 0. The van der Waals surface area contributed by atoms with E-state index in [0.717, 1.165) is 12.8 Å². The molecule has 0 saturated carbocycles. The SMILES string of the molecule is O=C(CCCc1ccccc1)c1c[c]ccc1O. The maximum atomic E-state index is 11.9. The van der Waals surface area contributed by atoms with Crippen LogP contribution in [0.1, 0.15) is 28.8 Å². The largest absolute Gasteiger partial charge is 0.507 e. The topological polar surface area (TPSA) is 37.3 Å². The third-order valence-electron chi connectivity index (χ3n) is 2.85. The van der Waals surface area contributed by atoms with Crippen LogP contribution in [0.3, 0.4) is 0 Å². The van der Waals surface area contributed by atoms with Crippen molar-refractivity contribution in [1.29, 1.82) is 0 Å². The lowest BCUT2D eigenvalue weighted by atomic mass is 10.0. The molecule has 0 spiro atoms. The normalized spacial score (nSPS) is 10.2. The lowest BCUT2D eigenvalue weighted by Gasteiger charge is -2.03. The molecule has 91 valence electrons. The first-order valence-corrected chi connectivity index (χ1v) is 6.03.